The average Bonchev–Trinajstić information content (AvgIpc) is 2.72. The van der Waals surface area contributed by atoms with Gasteiger partial charge in [-0.25, -0.2) is 4.79 Å². The van der Waals surface area contributed by atoms with E-state index in [1.54, 1.807) is 7.11 Å². The second-order valence-electron chi connectivity index (χ2n) is 5.66. The van der Waals surface area contributed by atoms with Gasteiger partial charge in [-0.05, 0) is 25.3 Å². The number of hydrogen-bond donors (Lipinski definition) is 1. The molecule has 2 fully saturated rings. The lowest BCUT2D eigenvalue weighted by atomic mass is 9.72. The van der Waals surface area contributed by atoms with Gasteiger partial charge in [0, 0.05) is 24.5 Å². The highest BCUT2D eigenvalue weighted by Crippen LogP contribution is 2.52. The van der Waals surface area contributed by atoms with Crippen LogP contribution in [0.3, 0.4) is 0 Å². The first-order valence-corrected chi connectivity index (χ1v) is 7.07. The van der Waals surface area contributed by atoms with Gasteiger partial charge in [0.1, 0.15) is 5.70 Å². The van der Waals surface area contributed by atoms with Crippen molar-refractivity contribution in [1.82, 2.24) is 4.90 Å². The Kier molecular flexibility index (Phi) is 3.17. The van der Waals surface area contributed by atoms with Crippen LogP contribution in [0, 0.1) is 11.8 Å². The average molecular weight is 277 g/mol. The number of allylic oxidation sites excluding steroid dienone is 1. The van der Waals surface area contributed by atoms with Crippen LogP contribution in [0.4, 0.5) is 0 Å². The summed E-state index contributed by atoms with van der Waals surface area (Å²) < 4.78 is 5.24. The third-order valence-corrected chi connectivity index (χ3v) is 4.75. The molecule has 0 aromatic rings. The maximum Gasteiger partial charge on any atom is 0.352 e. The van der Waals surface area contributed by atoms with E-state index in [-0.39, 0.29) is 29.5 Å². The number of carbonyl (C=O) groups is 2. The molecule has 0 aromatic heterocycles. The number of carbonyl (C=O) groups excluding carboxylic acids is 1. The lowest BCUT2D eigenvalue weighted by Gasteiger charge is -2.42. The van der Waals surface area contributed by atoms with Gasteiger partial charge in [-0.1, -0.05) is 12.5 Å². The lowest BCUT2D eigenvalue weighted by molar-refractivity contribution is -0.142. The first-order chi connectivity index (χ1) is 9.61. The Morgan fingerprint density at radius 2 is 2.25 bits per heavy atom. The van der Waals surface area contributed by atoms with E-state index in [9.17, 15) is 14.7 Å². The van der Waals surface area contributed by atoms with Crippen LogP contribution >= 0.6 is 0 Å². The Morgan fingerprint density at radius 1 is 1.50 bits per heavy atom. The zero-order valence-corrected chi connectivity index (χ0v) is 11.8. The summed E-state index contributed by atoms with van der Waals surface area (Å²) in [6.07, 6.45) is 4.78. The molecule has 0 unspecified atom stereocenters. The summed E-state index contributed by atoms with van der Waals surface area (Å²) in [6, 6.07) is -0.0479. The van der Waals surface area contributed by atoms with E-state index in [2.05, 4.69) is 0 Å². The molecule has 0 spiro atoms. The molecule has 0 bridgehead atoms. The number of rotatable bonds is 3. The van der Waals surface area contributed by atoms with Crippen LogP contribution in [0.5, 0.6) is 0 Å². The highest BCUT2D eigenvalue weighted by molar-refractivity contribution is 6.09. The van der Waals surface area contributed by atoms with Crippen molar-refractivity contribution in [2.75, 3.05) is 13.7 Å². The van der Waals surface area contributed by atoms with E-state index >= 15 is 0 Å². The molecule has 0 aromatic carbocycles. The van der Waals surface area contributed by atoms with E-state index in [1.807, 2.05) is 13.0 Å². The minimum Gasteiger partial charge on any atom is -0.477 e. The van der Waals surface area contributed by atoms with Gasteiger partial charge in [-0.3, -0.25) is 9.69 Å². The fourth-order valence-corrected chi connectivity index (χ4v) is 4.03. The Morgan fingerprint density at radius 3 is 2.85 bits per heavy atom. The number of hydrogen-bond acceptors (Lipinski definition) is 3. The lowest BCUT2D eigenvalue weighted by Crippen LogP contribution is -2.54. The summed E-state index contributed by atoms with van der Waals surface area (Å²) >= 11 is 0. The number of β-lactam (4-membered cyclic amide) rings is 1. The van der Waals surface area contributed by atoms with Crippen LogP contribution in [0.25, 0.3) is 0 Å². The van der Waals surface area contributed by atoms with Gasteiger partial charge in [0.25, 0.3) is 5.91 Å². The second kappa shape index (κ2) is 4.74. The Balaban J connectivity index is 2.06. The van der Waals surface area contributed by atoms with Gasteiger partial charge in [0.05, 0.1) is 12.6 Å². The summed E-state index contributed by atoms with van der Waals surface area (Å²) in [7, 11) is 1.64. The number of fused-ring (bicyclic) bond motifs is 3. The summed E-state index contributed by atoms with van der Waals surface area (Å²) in [4.78, 5) is 25.2. The highest BCUT2D eigenvalue weighted by Gasteiger charge is 2.57. The molecular weight excluding hydrogens is 258 g/mol. The van der Waals surface area contributed by atoms with Gasteiger partial charge in [0.2, 0.25) is 0 Å². The van der Waals surface area contributed by atoms with Crippen molar-refractivity contribution >= 4 is 11.9 Å². The second-order valence-corrected chi connectivity index (χ2v) is 5.66. The van der Waals surface area contributed by atoms with Gasteiger partial charge in [0.15, 0.2) is 0 Å². The smallest absolute Gasteiger partial charge is 0.352 e. The third-order valence-electron chi connectivity index (χ3n) is 4.75. The number of carboxylic acids is 1. The van der Waals surface area contributed by atoms with Crippen molar-refractivity contribution in [1.29, 1.82) is 0 Å². The normalized spacial score (nSPS) is 34.1. The fourth-order valence-electron chi connectivity index (χ4n) is 4.03. The molecule has 5 nitrogen and oxygen atoms in total. The molecule has 2 heterocycles. The first kappa shape index (κ1) is 13.4. The van der Waals surface area contributed by atoms with E-state index in [4.69, 9.17) is 4.74 Å². The van der Waals surface area contributed by atoms with Crippen molar-refractivity contribution in [3.63, 3.8) is 0 Å². The summed E-state index contributed by atoms with van der Waals surface area (Å²) in [5.41, 5.74) is 1.92. The third kappa shape index (κ3) is 1.59. The molecule has 3 atom stereocenters. The number of methoxy groups -OCH3 is 1. The molecule has 1 aliphatic carbocycles. The predicted octanol–water partition coefficient (Wildman–Crippen LogP) is 1.56. The minimum atomic E-state index is -0.987. The van der Waals surface area contributed by atoms with Gasteiger partial charge < -0.3 is 9.84 Å². The van der Waals surface area contributed by atoms with Crippen LogP contribution < -0.4 is 0 Å². The van der Waals surface area contributed by atoms with Crippen LogP contribution in [-0.4, -0.2) is 41.6 Å². The summed E-state index contributed by atoms with van der Waals surface area (Å²) in [6.45, 7) is 2.38. The number of amides is 1. The number of nitrogens with zero attached hydrogens (tertiary/aromatic N) is 1. The highest BCUT2D eigenvalue weighted by atomic mass is 16.5. The fraction of sp³-hybridized carbons (Fsp3) is 0.600. The van der Waals surface area contributed by atoms with E-state index in [1.165, 1.54) is 4.90 Å². The van der Waals surface area contributed by atoms with Crippen LogP contribution in [-0.2, 0) is 14.3 Å². The summed E-state index contributed by atoms with van der Waals surface area (Å²) in [5, 5.41) is 9.52. The molecule has 1 saturated carbocycles. The molecule has 1 amide bonds. The van der Waals surface area contributed by atoms with Crippen molar-refractivity contribution in [2.45, 2.75) is 32.2 Å². The van der Waals surface area contributed by atoms with E-state index in [0.29, 0.717) is 6.61 Å². The monoisotopic (exact) mass is 277 g/mol. The van der Waals surface area contributed by atoms with Crippen LogP contribution in [0.1, 0.15) is 26.2 Å². The van der Waals surface area contributed by atoms with Crippen molar-refractivity contribution in [3.05, 3.63) is 22.9 Å². The van der Waals surface area contributed by atoms with Gasteiger partial charge in [-0.2, -0.15) is 0 Å². The minimum absolute atomic E-state index is 0.0479. The predicted molar refractivity (Wildman–Crippen MR) is 71.8 cm³/mol. The number of carboxylic acid groups (broad SMARTS) is 1. The van der Waals surface area contributed by atoms with Crippen molar-refractivity contribution in [3.8, 4) is 0 Å². The number of ether oxygens (including phenoxy) is 1. The number of aliphatic carboxylic acids is 1. The maximum atomic E-state index is 12.1. The molecule has 5 heteroatoms. The zero-order chi connectivity index (χ0) is 14.4. The van der Waals surface area contributed by atoms with Crippen molar-refractivity contribution < 1.29 is 19.4 Å². The Hall–Kier alpha value is -1.62. The molecule has 108 valence electrons. The zero-order valence-electron chi connectivity index (χ0n) is 11.8. The van der Waals surface area contributed by atoms with E-state index < -0.39 is 5.97 Å². The Bertz CT molecular complexity index is 532. The first-order valence-electron chi connectivity index (χ1n) is 7.07. The van der Waals surface area contributed by atoms with Gasteiger partial charge in [-0.15, -0.1) is 0 Å². The maximum absolute atomic E-state index is 12.1. The molecule has 3 rings (SSSR count). The van der Waals surface area contributed by atoms with Crippen LogP contribution in [0.2, 0.25) is 0 Å². The van der Waals surface area contributed by atoms with Crippen LogP contribution in [0.15, 0.2) is 22.9 Å². The molecule has 3 aliphatic rings. The van der Waals surface area contributed by atoms with E-state index in [0.717, 1.165) is 30.4 Å². The molecule has 0 radical (unpaired) electrons. The topological polar surface area (TPSA) is 66.8 Å². The van der Waals surface area contributed by atoms with Gasteiger partial charge >= 0.3 is 5.97 Å². The SMILES string of the molecule is CC=C1C(=O)N2C(C(=O)O)=C3[C@@H](COC)CCC[C@@H]3[C@H]12. The van der Waals surface area contributed by atoms with Crippen molar-refractivity contribution in [2.24, 2.45) is 11.8 Å². The molecular formula is C15H19NO4. The molecule has 1 N–H and O–H groups in total. The molecule has 20 heavy (non-hydrogen) atoms. The largest absolute Gasteiger partial charge is 0.477 e. The summed E-state index contributed by atoms with van der Waals surface area (Å²) in [5.74, 6) is -0.841. The Labute approximate surface area is 117 Å². The quantitative estimate of drug-likeness (QED) is 0.628. The molecule has 2 aliphatic heterocycles. The standard InChI is InChI=1S/C15H19NO4/c1-3-9-12-10-6-4-5-8(7-20-2)11(10)13(15(18)19)16(12)14(9)17/h3,8,10,12H,4-7H2,1-2H3,(H,18,19)/t8-,10+,12+/m1/s1. The molecule has 1 saturated heterocycles.